The molecule has 0 amide bonds. The summed E-state index contributed by atoms with van der Waals surface area (Å²) in [6.45, 7) is 2.12. The molecule has 0 aromatic carbocycles. The van der Waals surface area contributed by atoms with E-state index in [0.717, 1.165) is 12.3 Å². The third-order valence-electron chi connectivity index (χ3n) is 3.44. The predicted molar refractivity (Wildman–Crippen MR) is 58.5 cm³/mol. The Bertz CT molecular complexity index is 141. The Labute approximate surface area is 88.0 Å². The summed E-state index contributed by atoms with van der Waals surface area (Å²) in [7, 11) is 3.61. The normalized spacial score (nSPS) is 23.4. The molecule has 2 unspecified atom stereocenters. The van der Waals surface area contributed by atoms with Crippen molar-refractivity contribution >= 4 is 0 Å². The summed E-state index contributed by atoms with van der Waals surface area (Å²) in [6.07, 6.45) is 8.62. The van der Waals surface area contributed by atoms with E-state index in [0.29, 0.717) is 12.2 Å². The number of hydrogen-bond donors (Lipinski definition) is 0. The Morgan fingerprint density at radius 2 is 1.71 bits per heavy atom. The molecule has 1 aliphatic carbocycles. The third-order valence-corrected chi connectivity index (χ3v) is 3.44. The molecule has 1 fully saturated rings. The molecular formula is C12H24O2. The van der Waals surface area contributed by atoms with Crippen LogP contribution in [0.25, 0.3) is 0 Å². The number of rotatable bonds is 5. The van der Waals surface area contributed by atoms with Crippen LogP contribution in [0.1, 0.15) is 45.4 Å². The van der Waals surface area contributed by atoms with Gasteiger partial charge >= 0.3 is 0 Å². The first kappa shape index (κ1) is 12.0. The van der Waals surface area contributed by atoms with Crippen LogP contribution in [0.4, 0.5) is 0 Å². The molecule has 0 bridgehead atoms. The Morgan fingerprint density at radius 1 is 1.07 bits per heavy atom. The maximum Gasteiger partial charge on any atom is 0.0624 e. The highest BCUT2D eigenvalue weighted by Gasteiger charge is 2.24. The van der Waals surface area contributed by atoms with Gasteiger partial charge in [0.15, 0.2) is 0 Å². The molecule has 0 aromatic heterocycles. The SMILES string of the molecule is COC(C)CC(OC)C1CCCCC1. The van der Waals surface area contributed by atoms with Gasteiger partial charge in [-0.1, -0.05) is 19.3 Å². The number of ether oxygens (including phenoxy) is 2. The summed E-state index contributed by atoms with van der Waals surface area (Å²) < 4.78 is 10.9. The van der Waals surface area contributed by atoms with Crippen molar-refractivity contribution in [3.63, 3.8) is 0 Å². The van der Waals surface area contributed by atoms with Crippen LogP contribution in [0.15, 0.2) is 0 Å². The Kier molecular flexibility index (Phi) is 5.49. The topological polar surface area (TPSA) is 18.5 Å². The molecule has 0 heterocycles. The van der Waals surface area contributed by atoms with Gasteiger partial charge in [-0.2, -0.15) is 0 Å². The van der Waals surface area contributed by atoms with E-state index >= 15 is 0 Å². The minimum absolute atomic E-state index is 0.321. The van der Waals surface area contributed by atoms with E-state index < -0.39 is 0 Å². The van der Waals surface area contributed by atoms with Crippen LogP contribution in [0.5, 0.6) is 0 Å². The second-order valence-corrected chi connectivity index (χ2v) is 4.45. The first-order valence-electron chi connectivity index (χ1n) is 5.83. The zero-order chi connectivity index (χ0) is 10.4. The molecule has 0 aromatic rings. The summed E-state index contributed by atoms with van der Waals surface area (Å²) in [5, 5.41) is 0. The number of hydrogen-bond acceptors (Lipinski definition) is 2. The quantitative estimate of drug-likeness (QED) is 0.679. The van der Waals surface area contributed by atoms with Crippen LogP contribution in [-0.2, 0) is 9.47 Å². The summed E-state index contributed by atoms with van der Waals surface area (Å²) in [5.74, 6) is 0.770. The highest BCUT2D eigenvalue weighted by atomic mass is 16.5. The highest BCUT2D eigenvalue weighted by molar-refractivity contribution is 4.76. The second kappa shape index (κ2) is 6.41. The lowest BCUT2D eigenvalue weighted by molar-refractivity contribution is -0.00963. The molecular weight excluding hydrogens is 176 g/mol. The van der Waals surface area contributed by atoms with Crippen molar-refractivity contribution in [2.75, 3.05) is 14.2 Å². The Morgan fingerprint density at radius 3 is 2.21 bits per heavy atom. The van der Waals surface area contributed by atoms with Gasteiger partial charge in [-0.15, -0.1) is 0 Å². The standard InChI is InChI=1S/C12H24O2/c1-10(13-2)9-12(14-3)11-7-5-4-6-8-11/h10-12H,4-9H2,1-3H3. The first-order chi connectivity index (χ1) is 6.77. The van der Waals surface area contributed by atoms with Gasteiger partial charge in [0.05, 0.1) is 12.2 Å². The van der Waals surface area contributed by atoms with Crippen molar-refractivity contribution in [3.05, 3.63) is 0 Å². The maximum absolute atomic E-state index is 5.58. The summed E-state index contributed by atoms with van der Waals surface area (Å²) >= 11 is 0. The molecule has 2 atom stereocenters. The Hall–Kier alpha value is -0.0800. The van der Waals surface area contributed by atoms with E-state index in [2.05, 4.69) is 6.92 Å². The fourth-order valence-electron chi connectivity index (χ4n) is 2.41. The molecule has 0 spiro atoms. The molecule has 1 saturated carbocycles. The molecule has 0 aliphatic heterocycles. The van der Waals surface area contributed by atoms with E-state index in [9.17, 15) is 0 Å². The van der Waals surface area contributed by atoms with Gasteiger partial charge in [0, 0.05) is 14.2 Å². The molecule has 1 rings (SSSR count). The monoisotopic (exact) mass is 200 g/mol. The van der Waals surface area contributed by atoms with Gasteiger partial charge in [-0.25, -0.2) is 0 Å². The van der Waals surface area contributed by atoms with Crippen molar-refractivity contribution in [1.29, 1.82) is 0 Å². The summed E-state index contributed by atoms with van der Waals surface area (Å²) in [5.41, 5.74) is 0. The molecule has 2 heteroatoms. The fraction of sp³-hybridized carbons (Fsp3) is 1.00. The second-order valence-electron chi connectivity index (χ2n) is 4.45. The molecule has 1 aliphatic rings. The van der Waals surface area contributed by atoms with Gasteiger partial charge < -0.3 is 9.47 Å². The molecule has 14 heavy (non-hydrogen) atoms. The minimum atomic E-state index is 0.321. The van der Waals surface area contributed by atoms with Gasteiger partial charge in [-0.3, -0.25) is 0 Å². The molecule has 2 nitrogen and oxygen atoms in total. The maximum atomic E-state index is 5.58. The lowest BCUT2D eigenvalue weighted by atomic mass is 9.83. The van der Waals surface area contributed by atoms with Gasteiger partial charge in [-0.05, 0) is 32.1 Å². The van der Waals surface area contributed by atoms with Gasteiger partial charge in [0.25, 0.3) is 0 Å². The predicted octanol–water partition coefficient (Wildman–Crippen LogP) is 3.01. The van der Waals surface area contributed by atoms with Crippen molar-refractivity contribution in [1.82, 2.24) is 0 Å². The molecule has 0 N–H and O–H groups in total. The average Bonchev–Trinajstić information content (AvgIpc) is 2.26. The van der Waals surface area contributed by atoms with Crippen LogP contribution >= 0.6 is 0 Å². The highest BCUT2D eigenvalue weighted by Crippen LogP contribution is 2.29. The van der Waals surface area contributed by atoms with E-state index in [4.69, 9.17) is 9.47 Å². The lowest BCUT2D eigenvalue weighted by Gasteiger charge is -2.30. The Balaban J connectivity index is 2.35. The fourth-order valence-corrected chi connectivity index (χ4v) is 2.41. The zero-order valence-electron chi connectivity index (χ0n) is 9.79. The van der Waals surface area contributed by atoms with Crippen molar-refractivity contribution in [2.45, 2.75) is 57.7 Å². The van der Waals surface area contributed by atoms with Crippen LogP contribution in [0.3, 0.4) is 0 Å². The van der Waals surface area contributed by atoms with E-state index in [-0.39, 0.29) is 0 Å². The van der Waals surface area contributed by atoms with Crippen LogP contribution in [0, 0.1) is 5.92 Å². The van der Waals surface area contributed by atoms with Crippen LogP contribution in [-0.4, -0.2) is 26.4 Å². The molecule has 0 saturated heterocycles. The van der Waals surface area contributed by atoms with Crippen molar-refractivity contribution < 1.29 is 9.47 Å². The van der Waals surface area contributed by atoms with Crippen molar-refractivity contribution in [3.8, 4) is 0 Å². The lowest BCUT2D eigenvalue weighted by Crippen LogP contribution is -2.29. The van der Waals surface area contributed by atoms with Crippen molar-refractivity contribution in [2.24, 2.45) is 5.92 Å². The van der Waals surface area contributed by atoms with Gasteiger partial charge in [0.1, 0.15) is 0 Å². The first-order valence-corrected chi connectivity index (χ1v) is 5.83. The third kappa shape index (κ3) is 3.58. The summed E-state index contributed by atoms with van der Waals surface area (Å²) in [6, 6.07) is 0. The van der Waals surface area contributed by atoms with Gasteiger partial charge in [0.2, 0.25) is 0 Å². The zero-order valence-corrected chi connectivity index (χ0v) is 9.79. The van der Waals surface area contributed by atoms with Crippen LogP contribution < -0.4 is 0 Å². The van der Waals surface area contributed by atoms with E-state index in [1.54, 1.807) is 7.11 Å². The average molecular weight is 200 g/mol. The largest absolute Gasteiger partial charge is 0.382 e. The minimum Gasteiger partial charge on any atom is -0.382 e. The summed E-state index contributed by atoms with van der Waals surface area (Å²) in [4.78, 5) is 0. The smallest absolute Gasteiger partial charge is 0.0624 e. The molecule has 84 valence electrons. The molecule has 0 radical (unpaired) electrons. The van der Waals surface area contributed by atoms with Crippen LogP contribution in [0.2, 0.25) is 0 Å². The van der Waals surface area contributed by atoms with E-state index in [1.807, 2.05) is 7.11 Å². The number of methoxy groups -OCH3 is 2. The van der Waals surface area contributed by atoms with E-state index in [1.165, 1.54) is 32.1 Å².